The van der Waals surface area contributed by atoms with Crippen LogP contribution in [0.15, 0.2) is 12.3 Å². The van der Waals surface area contributed by atoms with Gasteiger partial charge >= 0.3 is 0 Å². The molecule has 4 aliphatic rings. The summed E-state index contributed by atoms with van der Waals surface area (Å²) in [4.78, 5) is 36.1. The van der Waals surface area contributed by atoms with Crippen molar-refractivity contribution < 1.29 is 19.1 Å². The first-order valence-electron chi connectivity index (χ1n) is 13.9. The summed E-state index contributed by atoms with van der Waals surface area (Å²) in [5.41, 5.74) is 2.97. The fraction of sp³-hybridized carbons (Fsp3) is 0.759. The first kappa shape index (κ1) is 25.7. The Morgan fingerprint density at radius 2 is 2.14 bits per heavy atom. The Hall–Kier alpha value is -1.99. The van der Waals surface area contributed by atoms with Crippen molar-refractivity contribution in [3.8, 4) is 0 Å². The SMILES string of the molecule is COC1COCCC1C[C@@H]1C[C@H]2CN(C(=O)CC(C)C)C[C@@]2(C(=O)N2CCc3ncc(C)cc3C2)C1. The van der Waals surface area contributed by atoms with Crippen molar-refractivity contribution in [1.29, 1.82) is 0 Å². The molecule has 2 amide bonds. The molecule has 3 aliphatic heterocycles. The molecule has 0 aromatic carbocycles. The van der Waals surface area contributed by atoms with Gasteiger partial charge in [0.05, 0.1) is 18.1 Å². The molecule has 1 aromatic heterocycles. The normalized spacial score (nSPS) is 32.0. The molecule has 36 heavy (non-hydrogen) atoms. The van der Waals surface area contributed by atoms with E-state index in [2.05, 4.69) is 36.7 Å². The number of aromatic nitrogens is 1. The van der Waals surface area contributed by atoms with Gasteiger partial charge in [-0.25, -0.2) is 0 Å². The van der Waals surface area contributed by atoms with Crippen LogP contribution in [0.2, 0.25) is 0 Å². The lowest BCUT2D eigenvalue weighted by Crippen LogP contribution is -2.49. The van der Waals surface area contributed by atoms with E-state index in [0.717, 1.165) is 56.5 Å². The highest BCUT2D eigenvalue weighted by atomic mass is 16.5. The Morgan fingerprint density at radius 3 is 2.92 bits per heavy atom. The number of fused-ring (bicyclic) bond motifs is 2. The number of pyridine rings is 1. The van der Waals surface area contributed by atoms with Gasteiger partial charge in [-0.2, -0.15) is 0 Å². The van der Waals surface area contributed by atoms with Crippen molar-refractivity contribution in [1.82, 2.24) is 14.8 Å². The Balaban J connectivity index is 1.36. The van der Waals surface area contributed by atoms with Gasteiger partial charge in [0.15, 0.2) is 0 Å². The zero-order valence-corrected chi connectivity index (χ0v) is 22.5. The molecular weight excluding hydrogens is 454 g/mol. The quantitative estimate of drug-likeness (QED) is 0.600. The van der Waals surface area contributed by atoms with E-state index < -0.39 is 5.41 Å². The van der Waals surface area contributed by atoms with Crippen LogP contribution in [0.25, 0.3) is 0 Å². The zero-order chi connectivity index (χ0) is 25.4. The van der Waals surface area contributed by atoms with Crippen molar-refractivity contribution in [3.63, 3.8) is 0 Å². The summed E-state index contributed by atoms with van der Waals surface area (Å²) in [6, 6.07) is 2.18. The molecule has 1 saturated carbocycles. The van der Waals surface area contributed by atoms with Crippen molar-refractivity contribution in [2.75, 3.05) is 40.0 Å². The van der Waals surface area contributed by atoms with E-state index in [4.69, 9.17) is 9.47 Å². The third-order valence-electron chi connectivity index (χ3n) is 9.17. The minimum absolute atomic E-state index is 0.143. The molecule has 5 rings (SSSR count). The van der Waals surface area contributed by atoms with Crippen molar-refractivity contribution in [3.05, 3.63) is 29.1 Å². The van der Waals surface area contributed by atoms with Crippen LogP contribution in [0.3, 0.4) is 0 Å². The van der Waals surface area contributed by atoms with Crippen LogP contribution in [-0.4, -0.2) is 72.7 Å². The van der Waals surface area contributed by atoms with Crippen LogP contribution < -0.4 is 0 Å². The Bertz CT molecular complexity index is 981. The van der Waals surface area contributed by atoms with Crippen LogP contribution in [0.4, 0.5) is 0 Å². The molecule has 0 radical (unpaired) electrons. The smallest absolute Gasteiger partial charge is 0.231 e. The second kappa shape index (κ2) is 10.4. The molecule has 4 heterocycles. The number of nitrogens with zero attached hydrogens (tertiary/aromatic N) is 3. The number of hydrogen-bond acceptors (Lipinski definition) is 5. The van der Waals surface area contributed by atoms with Gasteiger partial charge in [-0.15, -0.1) is 0 Å². The summed E-state index contributed by atoms with van der Waals surface area (Å²) in [6.45, 7) is 10.3. The monoisotopic (exact) mass is 497 g/mol. The summed E-state index contributed by atoms with van der Waals surface area (Å²) in [5.74, 6) is 2.00. The lowest BCUT2D eigenvalue weighted by Gasteiger charge is -2.37. The topological polar surface area (TPSA) is 72.0 Å². The van der Waals surface area contributed by atoms with Crippen molar-refractivity contribution in [2.45, 2.75) is 71.9 Å². The molecule has 7 nitrogen and oxygen atoms in total. The lowest BCUT2D eigenvalue weighted by molar-refractivity contribution is -0.144. The second-order valence-corrected chi connectivity index (χ2v) is 12.3. The average molecular weight is 498 g/mol. The van der Waals surface area contributed by atoms with E-state index in [1.807, 2.05) is 11.1 Å². The number of hydrogen-bond donors (Lipinski definition) is 0. The summed E-state index contributed by atoms with van der Waals surface area (Å²) in [7, 11) is 1.78. The van der Waals surface area contributed by atoms with Gasteiger partial charge in [-0.1, -0.05) is 19.9 Å². The minimum atomic E-state index is -0.459. The molecular formula is C29H43N3O4. The molecule has 2 unspecified atom stereocenters. The Morgan fingerprint density at radius 1 is 1.31 bits per heavy atom. The standard InChI is InChI=1S/C29H43N3O4/c1-19(2)9-27(33)32-16-24-12-21(11-22-6-8-36-17-26(22)35-4)13-29(24,18-32)28(34)31-7-5-25-23(15-31)10-20(3)14-30-25/h10,14,19,21-22,24,26H,5-9,11-13,15-18H2,1-4H3/t21-,22?,24+,26?,29+/m1/s1. The molecule has 198 valence electrons. The van der Waals surface area contributed by atoms with Crippen LogP contribution in [0.5, 0.6) is 0 Å². The van der Waals surface area contributed by atoms with E-state index in [1.165, 1.54) is 5.56 Å². The van der Waals surface area contributed by atoms with Crippen LogP contribution in [0.1, 0.15) is 62.8 Å². The number of methoxy groups -OCH3 is 1. The predicted octanol–water partition coefficient (Wildman–Crippen LogP) is 3.62. The largest absolute Gasteiger partial charge is 0.379 e. The van der Waals surface area contributed by atoms with Crippen LogP contribution >= 0.6 is 0 Å². The van der Waals surface area contributed by atoms with Gasteiger partial charge in [-0.3, -0.25) is 14.6 Å². The third-order valence-corrected chi connectivity index (χ3v) is 9.17. The number of ether oxygens (including phenoxy) is 2. The van der Waals surface area contributed by atoms with Gasteiger partial charge in [0.25, 0.3) is 0 Å². The van der Waals surface area contributed by atoms with Gasteiger partial charge in [-0.05, 0) is 67.4 Å². The molecule has 1 aromatic rings. The Kier molecular flexibility index (Phi) is 7.42. The molecule has 5 atom stereocenters. The summed E-state index contributed by atoms with van der Waals surface area (Å²) in [6.07, 6.45) is 7.43. The Labute approximate surface area is 215 Å². The lowest BCUT2D eigenvalue weighted by atomic mass is 9.78. The molecule has 0 bridgehead atoms. The predicted molar refractivity (Wildman–Crippen MR) is 137 cm³/mol. The first-order chi connectivity index (χ1) is 17.3. The number of likely N-dealkylation sites (tertiary alicyclic amines) is 1. The summed E-state index contributed by atoms with van der Waals surface area (Å²) < 4.78 is 11.4. The number of carbonyl (C=O) groups is 2. The number of carbonyl (C=O) groups excluding carboxylic acids is 2. The van der Waals surface area contributed by atoms with E-state index in [1.54, 1.807) is 7.11 Å². The minimum Gasteiger partial charge on any atom is -0.379 e. The molecule has 1 aliphatic carbocycles. The fourth-order valence-electron chi connectivity index (χ4n) is 7.43. The number of rotatable bonds is 6. The zero-order valence-electron chi connectivity index (χ0n) is 22.5. The van der Waals surface area contributed by atoms with E-state index in [0.29, 0.717) is 50.4 Å². The van der Waals surface area contributed by atoms with E-state index >= 15 is 0 Å². The maximum absolute atomic E-state index is 14.4. The maximum atomic E-state index is 14.4. The number of amides is 2. The average Bonchev–Trinajstić information content (AvgIpc) is 3.38. The summed E-state index contributed by atoms with van der Waals surface area (Å²) in [5, 5.41) is 0. The molecule has 7 heteroatoms. The molecule has 0 spiro atoms. The molecule has 0 N–H and O–H groups in total. The van der Waals surface area contributed by atoms with Crippen molar-refractivity contribution in [2.24, 2.45) is 29.1 Å². The highest BCUT2D eigenvalue weighted by Crippen LogP contribution is 2.54. The van der Waals surface area contributed by atoms with Gasteiger partial charge in [0.1, 0.15) is 0 Å². The number of aryl methyl sites for hydroxylation is 1. The van der Waals surface area contributed by atoms with Crippen molar-refractivity contribution >= 4 is 11.8 Å². The highest BCUT2D eigenvalue weighted by molar-refractivity contribution is 5.86. The maximum Gasteiger partial charge on any atom is 0.231 e. The van der Waals surface area contributed by atoms with Gasteiger partial charge in [0, 0.05) is 64.6 Å². The van der Waals surface area contributed by atoms with E-state index in [9.17, 15) is 9.59 Å². The molecule has 2 saturated heterocycles. The highest BCUT2D eigenvalue weighted by Gasteiger charge is 2.59. The fourth-order valence-corrected chi connectivity index (χ4v) is 7.43. The first-order valence-corrected chi connectivity index (χ1v) is 13.9. The summed E-state index contributed by atoms with van der Waals surface area (Å²) >= 11 is 0. The van der Waals surface area contributed by atoms with Gasteiger partial charge in [0.2, 0.25) is 11.8 Å². The molecule has 3 fully saturated rings. The van der Waals surface area contributed by atoms with E-state index in [-0.39, 0.29) is 23.8 Å². The van der Waals surface area contributed by atoms with Gasteiger partial charge < -0.3 is 19.3 Å². The van der Waals surface area contributed by atoms with Crippen LogP contribution in [0, 0.1) is 36.0 Å². The van der Waals surface area contributed by atoms with Crippen LogP contribution in [-0.2, 0) is 32.0 Å². The third kappa shape index (κ3) is 4.93. The second-order valence-electron chi connectivity index (χ2n) is 12.3.